The lowest BCUT2D eigenvalue weighted by Crippen LogP contribution is -2.07. The Hall–Kier alpha value is -1.30. The third kappa shape index (κ3) is 3.85. The lowest BCUT2D eigenvalue weighted by atomic mass is 10.1. The molecule has 1 atom stereocenters. The van der Waals surface area contributed by atoms with E-state index in [2.05, 4.69) is 34.8 Å². The molecule has 1 N–H and O–H groups in total. The van der Waals surface area contributed by atoms with Crippen molar-refractivity contribution >= 4 is 28.3 Å². The molecule has 0 amide bonds. The van der Waals surface area contributed by atoms with Gasteiger partial charge in [0.05, 0.1) is 6.61 Å². The zero-order chi connectivity index (χ0) is 14.5. The molecule has 0 spiro atoms. The van der Waals surface area contributed by atoms with Gasteiger partial charge in [-0.2, -0.15) is 0 Å². The lowest BCUT2D eigenvalue weighted by Gasteiger charge is -2.17. The smallest absolute Gasteiger partial charge is 0.124 e. The Bertz CT molecular complexity index is 571. The molecular weight excluding hydrogens is 368 g/mol. The first-order chi connectivity index (χ1) is 9.60. The molecule has 2 nitrogen and oxygen atoms in total. The molecule has 0 aliphatic carbocycles. The zero-order valence-electron chi connectivity index (χ0n) is 11.5. The Kier molecular flexibility index (Phi) is 5.23. The molecule has 0 heterocycles. The molecule has 2 aromatic carbocycles. The van der Waals surface area contributed by atoms with Crippen LogP contribution in [-0.2, 0) is 0 Å². The average Bonchev–Trinajstić information content (AvgIpc) is 2.43. The summed E-state index contributed by atoms with van der Waals surface area (Å²) in [5, 5.41) is 3.39. The summed E-state index contributed by atoms with van der Waals surface area (Å²) in [5.41, 5.74) is 2.10. The molecule has 106 valence electrons. The summed E-state index contributed by atoms with van der Waals surface area (Å²) >= 11 is 2.13. The van der Waals surface area contributed by atoms with E-state index in [1.54, 1.807) is 6.07 Å². The Morgan fingerprint density at radius 3 is 2.50 bits per heavy atom. The second kappa shape index (κ2) is 6.92. The van der Waals surface area contributed by atoms with Crippen molar-refractivity contribution in [1.29, 1.82) is 0 Å². The van der Waals surface area contributed by atoms with E-state index in [0.29, 0.717) is 6.61 Å². The second-order valence-corrected chi connectivity index (χ2v) is 5.65. The fraction of sp³-hybridized carbons (Fsp3) is 0.250. The molecule has 0 radical (unpaired) electrons. The minimum Gasteiger partial charge on any atom is -0.494 e. The first-order valence-electron chi connectivity index (χ1n) is 6.54. The maximum absolute atomic E-state index is 13.1. The van der Waals surface area contributed by atoms with Gasteiger partial charge in [0, 0.05) is 15.3 Å². The normalized spacial score (nSPS) is 12.0. The molecule has 1 unspecified atom stereocenters. The Morgan fingerprint density at radius 1 is 1.20 bits per heavy atom. The molecule has 2 aromatic rings. The van der Waals surface area contributed by atoms with E-state index < -0.39 is 0 Å². The molecule has 0 saturated carbocycles. The zero-order valence-corrected chi connectivity index (χ0v) is 13.6. The molecular formula is C16H17FINO. The third-order valence-corrected chi connectivity index (χ3v) is 3.89. The molecule has 0 bridgehead atoms. The van der Waals surface area contributed by atoms with Crippen LogP contribution in [0.5, 0.6) is 5.75 Å². The van der Waals surface area contributed by atoms with Crippen LogP contribution < -0.4 is 10.1 Å². The second-order valence-electron chi connectivity index (χ2n) is 4.49. The van der Waals surface area contributed by atoms with E-state index >= 15 is 0 Å². The predicted molar refractivity (Wildman–Crippen MR) is 88.8 cm³/mol. The summed E-state index contributed by atoms with van der Waals surface area (Å²) < 4.78 is 19.4. The highest BCUT2D eigenvalue weighted by Gasteiger charge is 2.08. The number of anilines is 1. The van der Waals surface area contributed by atoms with Gasteiger partial charge in [-0.3, -0.25) is 0 Å². The Morgan fingerprint density at radius 2 is 1.90 bits per heavy atom. The van der Waals surface area contributed by atoms with Crippen LogP contribution in [0.1, 0.15) is 25.5 Å². The van der Waals surface area contributed by atoms with Crippen LogP contribution in [0.3, 0.4) is 0 Å². The number of hydrogen-bond acceptors (Lipinski definition) is 2. The number of halogens is 2. The first kappa shape index (κ1) is 15.1. The van der Waals surface area contributed by atoms with Crippen LogP contribution in [0.4, 0.5) is 10.1 Å². The molecule has 0 aliphatic rings. The summed E-state index contributed by atoms with van der Waals surface area (Å²) in [6.45, 7) is 4.71. The minimum absolute atomic E-state index is 0.143. The maximum Gasteiger partial charge on any atom is 0.124 e. The van der Waals surface area contributed by atoms with E-state index in [1.807, 2.05) is 31.2 Å². The van der Waals surface area contributed by atoms with Gasteiger partial charge in [-0.1, -0.05) is 12.1 Å². The lowest BCUT2D eigenvalue weighted by molar-refractivity contribution is 0.340. The van der Waals surface area contributed by atoms with Crippen molar-refractivity contribution in [2.45, 2.75) is 19.9 Å². The molecule has 4 heteroatoms. The van der Waals surface area contributed by atoms with Crippen molar-refractivity contribution in [1.82, 2.24) is 0 Å². The van der Waals surface area contributed by atoms with Gasteiger partial charge < -0.3 is 10.1 Å². The SMILES string of the molecule is CCOc1ccc(C(C)Nc2ccc(F)cc2I)cc1. The standard InChI is InChI=1S/C16H17FINO/c1-3-20-14-7-4-12(5-8-14)11(2)19-16-9-6-13(17)10-15(16)18/h4-11,19H,3H2,1-2H3. The number of rotatable bonds is 5. The molecule has 0 saturated heterocycles. The van der Waals surface area contributed by atoms with Crippen molar-refractivity contribution in [3.05, 3.63) is 57.4 Å². The van der Waals surface area contributed by atoms with Crippen molar-refractivity contribution < 1.29 is 9.13 Å². The third-order valence-electron chi connectivity index (χ3n) is 2.99. The van der Waals surface area contributed by atoms with Crippen LogP contribution in [0.25, 0.3) is 0 Å². The monoisotopic (exact) mass is 385 g/mol. The summed E-state index contributed by atoms with van der Waals surface area (Å²) in [6, 6.07) is 12.9. The van der Waals surface area contributed by atoms with E-state index in [-0.39, 0.29) is 11.9 Å². The Balaban J connectivity index is 2.09. The van der Waals surface area contributed by atoms with Gasteiger partial charge in [-0.25, -0.2) is 4.39 Å². The van der Waals surface area contributed by atoms with Gasteiger partial charge in [0.15, 0.2) is 0 Å². The highest BCUT2D eigenvalue weighted by atomic mass is 127. The number of ether oxygens (including phenoxy) is 1. The molecule has 20 heavy (non-hydrogen) atoms. The summed E-state index contributed by atoms with van der Waals surface area (Å²) in [7, 11) is 0. The van der Waals surface area contributed by atoms with Gasteiger partial charge in [0.25, 0.3) is 0 Å². The summed E-state index contributed by atoms with van der Waals surface area (Å²) in [4.78, 5) is 0. The van der Waals surface area contributed by atoms with Gasteiger partial charge in [-0.15, -0.1) is 0 Å². The van der Waals surface area contributed by atoms with Crippen molar-refractivity contribution in [3.63, 3.8) is 0 Å². The fourth-order valence-corrected chi connectivity index (χ4v) is 2.58. The van der Waals surface area contributed by atoms with E-state index in [0.717, 1.165) is 20.6 Å². The highest BCUT2D eigenvalue weighted by molar-refractivity contribution is 14.1. The van der Waals surface area contributed by atoms with Crippen molar-refractivity contribution in [2.24, 2.45) is 0 Å². The summed E-state index contributed by atoms with van der Waals surface area (Å²) in [6.07, 6.45) is 0. The van der Waals surface area contributed by atoms with Crippen molar-refractivity contribution in [2.75, 3.05) is 11.9 Å². The molecule has 0 fully saturated rings. The van der Waals surface area contributed by atoms with Crippen LogP contribution in [0.15, 0.2) is 42.5 Å². The van der Waals surface area contributed by atoms with Gasteiger partial charge in [0.1, 0.15) is 11.6 Å². The Labute approximate surface area is 132 Å². The number of nitrogens with one attached hydrogen (secondary N) is 1. The van der Waals surface area contributed by atoms with Crippen molar-refractivity contribution in [3.8, 4) is 5.75 Å². The average molecular weight is 385 g/mol. The van der Waals surface area contributed by atoms with E-state index in [9.17, 15) is 4.39 Å². The fourth-order valence-electron chi connectivity index (χ4n) is 1.94. The highest BCUT2D eigenvalue weighted by Crippen LogP contribution is 2.25. The quantitative estimate of drug-likeness (QED) is 0.732. The van der Waals surface area contributed by atoms with Gasteiger partial charge in [-0.05, 0) is 72.3 Å². The maximum atomic E-state index is 13.1. The van der Waals surface area contributed by atoms with Crippen LogP contribution in [-0.4, -0.2) is 6.61 Å². The molecule has 2 rings (SSSR count). The van der Waals surface area contributed by atoms with Gasteiger partial charge in [0.2, 0.25) is 0 Å². The van der Waals surface area contributed by atoms with Crippen LogP contribution in [0, 0.1) is 9.39 Å². The largest absolute Gasteiger partial charge is 0.494 e. The topological polar surface area (TPSA) is 21.3 Å². The number of hydrogen-bond donors (Lipinski definition) is 1. The van der Waals surface area contributed by atoms with E-state index in [1.165, 1.54) is 12.1 Å². The number of benzene rings is 2. The van der Waals surface area contributed by atoms with Crippen LogP contribution >= 0.6 is 22.6 Å². The minimum atomic E-state index is -0.214. The van der Waals surface area contributed by atoms with Crippen LogP contribution in [0.2, 0.25) is 0 Å². The van der Waals surface area contributed by atoms with Gasteiger partial charge >= 0.3 is 0 Å². The van der Waals surface area contributed by atoms with E-state index in [4.69, 9.17) is 4.74 Å². The first-order valence-corrected chi connectivity index (χ1v) is 7.62. The molecule has 0 aliphatic heterocycles. The predicted octanol–water partition coefficient (Wildman–Crippen LogP) is 5.00. The summed E-state index contributed by atoms with van der Waals surface area (Å²) in [5.74, 6) is 0.661. The molecule has 0 aromatic heterocycles.